The largest absolute Gasteiger partial charge is 0.420 e. The van der Waals surface area contributed by atoms with E-state index in [4.69, 9.17) is 27.8 Å². The number of hydrogen-bond donors (Lipinski definition) is 2. The first-order valence-corrected chi connectivity index (χ1v) is 5.39. The maximum absolute atomic E-state index is 5.77. The van der Waals surface area contributed by atoms with Gasteiger partial charge in [-0.3, -0.25) is 5.10 Å². The van der Waals surface area contributed by atoms with Crippen molar-refractivity contribution in [1.82, 2.24) is 13.9 Å². The van der Waals surface area contributed by atoms with E-state index in [1.807, 2.05) is 12.1 Å². The van der Waals surface area contributed by atoms with Gasteiger partial charge >= 0.3 is 5.09 Å². The third kappa shape index (κ3) is 1.93. The molecule has 0 fully saturated rings. The molecule has 0 amide bonds. The number of halogens is 2. The number of furan rings is 1. The summed E-state index contributed by atoms with van der Waals surface area (Å²) in [7, 11) is -0.416. The van der Waals surface area contributed by atoms with Gasteiger partial charge in [0.25, 0.3) is 0 Å². The molecule has 1 unspecified atom stereocenters. The number of aromatic amines is 2. The molecule has 4 nitrogen and oxygen atoms in total. The van der Waals surface area contributed by atoms with Gasteiger partial charge in [0.1, 0.15) is 0 Å². The molecule has 13 heavy (non-hydrogen) atoms. The van der Waals surface area contributed by atoms with E-state index in [1.165, 1.54) is 4.32 Å². The smallest absolute Gasteiger partial charge is 0.362 e. The summed E-state index contributed by atoms with van der Waals surface area (Å²) < 4.78 is 9.29. The molecule has 0 aliphatic carbocycles. The van der Waals surface area contributed by atoms with E-state index in [0.29, 0.717) is 5.15 Å². The number of rotatable bonds is 1. The second-order valence-electron chi connectivity index (χ2n) is 2.22. The van der Waals surface area contributed by atoms with Crippen molar-refractivity contribution in [3.8, 4) is 5.09 Å². The monoisotopic (exact) mass is 238 g/mol. The Bertz CT molecular complexity index is 400. The molecule has 0 saturated heterocycles. The maximum atomic E-state index is 5.77. The fraction of sp³-hybridized carbons (Fsp3) is 0. The molecule has 0 saturated carbocycles. The summed E-state index contributed by atoms with van der Waals surface area (Å²) in [4.78, 5) is 0. The van der Waals surface area contributed by atoms with Crippen LogP contribution in [0.15, 0.2) is 28.2 Å². The number of nitrogens with zero attached hydrogens (tertiary/aromatic N) is 1. The highest BCUT2D eigenvalue weighted by Crippen LogP contribution is 2.28. The Labute approximate surface area is 86.6 Å². The molecule has 0 aromatic carbocycles. The van der Waals surface area contributed by atoms with Crippen LogP contribution in [0.1, 0.15) is 0 Å². The summed E-state index contributed by atoms with van der Waals surface area (Å²) >= 11 is 11.4. The van der Waals surface area contributed by atoms with Crippen LogP contribution in [-0.4, -0.2) is 13.9 Å². The second kappa shape index (κ2) is 3.53. The average Bonchev–Trinajstić information content (AvgIpc) is 2.53. The van der Waals surface area contributed by atoms with Crippen LogP contribution in [0.3, 0.4) is 0 Å². The zero-order chi connectivity index (χ0) is 9.26. The van der Waals surface area contributed by atoms with Crippen LogP contribution >= 0.6 is 34.0 Å². The molecule has 2 heterocycles. The average molecular weight is 239 g/mol. The lowest BCUT2D eigenvalue weighted by Gasteiger charge is -1.94. The predicted molar refractivity (Wildman–Crippen MR) is 53.1 cm³/mol. The van der Waals surface area contributed by atoms with Gasteiger partial charge in [-0.25, -0.2) is 0 Å². The van der Waals surface area contributed by atoms with Crippen molar-refractivity contribution in [3.05, 3.63) is 28.9 Å². The Balaban J connectivity index is 2.53. The summed E-state index contributed by atoms with van der Waals surface area (Å²) in [6.45, 7) is 0. The van der Waals surface area contributed by atoms with Crippen LogP contribution < -0.4 is 0 Å². The van der Waals surface area contributed by atoms with Crippen LogP contribution in [0.2, 0.25) is 5.15 Å². The van der Waals surface area contributed by atoms with Crippen LogP contribution in [0.4, 0.5) is 0 Å². The molecule has 70 valence electrons. The Morgan fingerprint density at radius 2 is 2.38 bits per heavy atom. The van der Waals surface area contributed by atoms with E-state index in [9.17, 15) is 0 Å². The molecular formula is C6H6Cl2N3OS+. The number of hydrogen-bond acceptors (Lipinski definition) is 1. The Morgan fingerprint density at radius 1 is 1.54 bits per heavy atom. The van der Waals surface area contributed by atoms with Crippen molar-refractivity contribution in [2.45, 2.75) is 0 Å². The quantitative estimate of drug-likeness (QED) is 0.737. The van der Waals surface area contributed by atoms with E-state index in [2.05, 4.69) is 9.59 Å². The molecule has 2 N–H and O–H groups in total. The van der Waals surface area contributed by atoms with Gasteiger partial charge in [0.05, 0.1) is 18.0 Å². The Hall–Kier alpha value is -0.780. The minimum Gasteiger partial charge on any atom is -0.420 e. The highest BCUT2D eigenvalue weighted by atomic mass is 35.5. The van der Waals surface area contributed by atoms with Gasteiger partial charge in [0.15, 0.2) is 15.8 Å². The van der Waals surface area contributed by atoms with Crippen molar-refractivity contribution >= 4 is 34.0 Å². The molecule has 1 atom stereocenters. The lowest BCUT2D eigenvalue weighted by molar-refractivity contribution is 0.593. The third-order valence-corrected chi connectivity index (χ3v) is 3.43. The van der Waals surface area contributed by atoms with Gasteiger partial charge in [-0.1, -0.05) is 20.4 Å². The Kier molecular flexibility index (Phi) is 2.39. The van der Waals surface area contributed by atoms with Gasteiger partial charge < -0.3 is 4.42 Å². The first kappa shape index (κ1) is 8.80. The number of nitrogens with one attached hydrogen (secondary N) is 2. The molecule has 2 rings (SSSR count). The number of aromatic nitrogens is 3. The van der Waals surface area contributed by atoms with Gasteiger partial charge in [-0.05, 0) is 6.07 Å². The lowest BCUT2D eigenvalue weighted by Crippen LogP contribution is -1.94. The lowest BCUT2D eigenvalue weighted by atomic mass is 10.7. The van der Waals surface area contributed by atoms with E-state index in [1.54, 1.807) is 11.6 Å². The van der Waals surface area contributed by atoms with Crippen molar-refractivity contribution in [2.24, 2.45) is 0 Å². The second-order valence-corrected chi connectivity index (χ2v) is 4.46. The highest BCUT2D eigenvalue weighted by Gasteiger charge is 2.13. The van der Waals surface area contributed by atoms with E-state index >= 15 is 0 Å². The predicted octanol–water partition coefficient (Wildman–Crippen LogP) is 3.26. The minimum absolute atomic E-state index is 0.416. The topological polar surface area (TPSA) is 49.6 Å². The third-order valence-electron chi connectivity index (χ3n) is 1.32. The van der Waals surface area contributed by atoms with Crippen molar-refractivity contribution < 1.29 is 4.42 Å². The summed E-state index contributed by atoms with van der Waals surface area (Å²) in [6.07, 6.45) is 1.60. The SMILES string of the molecule is Clc1c[s+](-c2ccco2)[nH]n(Cl)[nH]1. The Morgan fingerprint density at radius 3 is 3.00 bits per heavy atom. The van der Waals surface area contributed by atoms with Crippen LogP contribution in [-0.2, 0) is 0 Å². The summed E-state index contributed by atoms with van der Waals surface area (Å²) in [5.41, 5.74) is 0. The van der Waals surface area contributed by atoms with E-state index in [-0.39, 0.29) is 0 Å². The zero-order valence-electron chi connectivity index (χ0n) is 6.33. The van der Waals surface area contributed by atoms with E-state index in [0.717, 1.165) is 5.09 Å². The highest BCUT2D eigenvalue weighted by molar-refractivity contribution is 7.32. The summed E-state index contributed by atoms with van der Waals surface area (Å²) in [6, 6.07) is 3.67. The van der Waals surface area contributed by atoms with E-state index < -0.39 is 10.7 Å². The molecular weight excluding hydrogens is 233 g/mol. The van der Waals surface area contributed by atoms with Gasteiger partial charge in [-0.15, -0.1) is 0 Å². The van der Waals surface area contributed by atoms with Crippen LogP contribution in [0.5, 0.6) is 0 Å². The van der Waals surface area contributed by atoms with Crippen molar-refractivity contribution in [2.75, 3.05) is 0 Å². The van der Waals surface area contributed by atoms with Crippen LogP contribution in [0.25, 0.3) is 5.09 Å². The van der Waals surface area contributed by atoms with Gasteiger partial charge in [0.2, 0.25) is 5.38 Å². The molecule has 2 aromatic rings. The molecule has 0 spiro atoms. The minimum atomic E-state index is -0.416. The molecule has 7 heteroatoms. The summed E-state index contributed by atoms with van der Waals surface area (Å²) in [5.74, 6) is 0. The molecule has 0 aliphatic rings. The molecule has 0 radical (unpaired) electrons. The number of H-pyrrole nitrogens is 2. The fourth-order valence-corrected chi connectivity index (χ4v) is 2.68. The molecule has 2 aromatic heterocycles. The van der Waals surface area contributed by atoms with Gasteiger partial charge in [0, 0.05) is 6.07 Å². The summed E-state index contributed by atoms with van der Waals surface area (Å²) in [5, 5.41) is 5.69. The van der Waals surface area contributed by atoms with Gasteiger partial charge in [-0.2, -0.15) is 0 Å². The van der Waals surface area contributed by atoms with Crippen LogP contribution in [0, 0.1) is 0 Å². The first-order chi connectivity index (χ1) is 6.25. The molecule has 0 bridgehead atoms. The normalized spacial score (nSPS) is 11.7. The van der Waals surface area contributed by atoms with Crippen molar-refractivity contribution in [1.29, 1.82) is 0 Å². The fourth-order valence-electron chi connectivity index (χ4n) is 0.851. The first-order valence-electron chi connectivity index (χ1n) is 3.38. The maximum Gasteiger partial charge on any atom is 0.362 e. The zero-order valence-corrected chi connectivity index (χ0v) is 8.66. The molecule has 0 aliphatic heterocycles. The van der Waals surface area contributed by atoms with Crippen molar-refractivity contribution in [3.63, 3.8) is 0 Å². The standard InChI is InChI=1S/C6H6Cl2N3OS/c7-5-4-13(10-11(8)9-5)6-2-1-3-12-6/h1-4,9-10H/q+1.